The Morgan fingerprint density at radius 2 is 1.88 bits per heavy atom. The van der Waals surface area contributed by atoms with E-state index in [1.54, 1.807) is 0 Å². The lowest BCUT2D eigenvalue weighted by molar-refractivity contribution is 0.480. The third-order valence-electron chi connectivity index (χ3n) is 0.274. The average Bonchev–Trinajstić information content (AvgIpc) is 1.21. The SMILES string of the molecule is O=[P+](O)CS(=O)(=O)O. The van der Waals surface area contributed by atoms with Gasteiger partial charge in [-0.2, -0.15) is 13.3 Å². The minimum absolute atomic E-state index is 1.08. The molecule has 1 unspecified atom stereocenters. The van der Waals surface area contributed by atoms with E-state index in [-0.39, 0.29) is 0 Å². The minimum Gasteiger partial charge on any atom is -0.282 e. The summed E-state index contributed by atoms with van der Waals surface area (Å²) in [4.78, 5) is 7.86. The number of rotatable bonds is 2. The summed E-state index contributed by atoms with van der Waals surface area (Å²) in [5, 5.41) is 0. The Kier molecular flexibility index (Phi) is 2.49. The number of hydrogen-bond acceptors (Lipinski definition) is 3. The Hall–Kier alpha value is -0.0300. The van der Waals surface area contributed by atoms with E-state index in [1.165, 1.54) is 0 Å². The molecule has 5 nitrogen and oxygen atoms in total. The predicted molar refractivity (Wildman–Crippen MR) is 26.2 cm³/mol. The van der Waals surface area contributed by atoms with Crippen molar-refractivity contribution < 1.29 is 22.4 Å². The van der Waals surface area contributed by atoms with Crippen LogP contribution in [0.1, 0.15) is 0 Å². The van der Waals surface area contributed by atoms with Crippen LogP contribution in [0.4, 0.5) is 0 Å². The van der Waals surface area contributed by atoms with Crippen molar-refractivity contribution >= 4 is 18.1 Å². The zero-order valence-corrected chi connectivity index (χ0v) is 5.39. The van der Waals surface area contributed by atoms with E-state index >= 15 is 0 Å². The summed E-state index contributed by atoms with van der Waals surface area (Å²) in [5.41, 5.74) is -1.08. The smallest absolute Gasteiger partial charge is 0.282 e. The molecule has 8 heavy (non-hydrogen) atoms. The standard InChI is InChI=1S/CH3O5PS/c2-7(3)1-8(4,5)6/h1H2,(H-,2,3,4,5,6)/p+1. The van der Waals surface area contributed by atoms with E-state index in [4.69, 9.17) is 9.45 Å². The highest BCUT2D eigenvalue weighted by atomic mass is 32.2. The molecule has 7 heteroatoms. The lowest BCUT2D eigenvalue weighted by Gasteiger charge is -1.76. The highest BCUT2D eigenvalue weighted by molar-refractivity contribution is 7.91. The van der Waals surface area contributed by atoms with E-state index in [9.17, 15) is 13.0 Å². The molecule has 0 aliphatic rings. The molecule has 0 amide bonds. The van der Waals surface area contributed by atoms with Gasteiger partial charge < -0.3 is 0 Å². The van der Waals surface area contributed by atoms with Crippen molar-refractivity contribution in [2.45, 2.75) is 0 Å². The first kappa shape index (κ1) is 7.97. The molecule has 0 rings (SSSR count). The molecule has 0 radical (unpaired) electrons. The number of hydrogen-bond donors (Lipinski definition) is 2. The largest absolute Gasteiger partial charge is 0.524 e. The summed E-state index contributed by atoms with van der Waals surface area (Å²) >= 11 is 0. The zero-order chi connectivity index (χ0) is 6.78. The normalized spacial score (nSPS) is 13.5. The van der Waals surface area contributed by atoms with Crippen LogP contribution < -0.4 is 0 Å². The molecule has 0 aliphatic heterocycles. The fraction of sp³-hybridized carbons (Fsp3) is 1.00. The molecule has 0 aromatic heterocycles. The van der Waals surface area contributed by atoms with Gasteiger partial charge >= 0.3 is 23.6 Å². The Balaban J connectivity index is 3.95. The predicted octanol–water partition coefficient (Wildman–Crippen LogP) is -0.434. The zero-order valence-electron chi connectivity index (χ0n) is 3.68. The second-order valence-corrected chi connectivity index (χ2v) is 3.96. The van der Waals surface area contributed by atoms with Gasteiger partial charge in [0.1, 0.15) is 0 Å². The van der Waals surface area contributed by atoms with Gasteiger partial charge in [-0.15, -0.1) is 0 Å². The lowest BCUT2D eigenvalue weighted by Crippen LogP contribution is -1.98. The van der Waals surface area contributed by atoms with Gasteiger partial charge in [0.15, 0.2) is 0 Å². The summed E-state index contributed by atoms with van der Waals surface area (Å²) < 4.78 is 36.7. The van der Waals surface area contributed by atoms with Crippen LogP contribution in [-0.2, 0) is 14.7 Å². The molecular weight excluding hydrogens is 155 g/mol. The first-order valence-electron chi connectivity index (χ1n) is 1.50. The molecule has 0 fully saturated rings. The average molecular weight is 159 g/mol. The van der Waals surface area contributed by atoms with Crippen molar-refractivity contribution in [3.63, 3.8) is 0 Å². The van der Waals surface area contributed by atoms with E-state index in [1.807, 2.05) is 0 Å². The molecule has 0 heterocycles. The van der Waals surface area contributed by atoms with Gasteiger partial charge in [0.2, 0.25) is 0 Å². The molecule has 0 aliphatic carbocycles. The molecule has 0 aromatic rings. The van der Waals surface area contributed by atoms with E-state index in [0.29, 0.717) is 0 Å². The minimum atomic E-state index is -4.26. The van der Waals surface area contributed by atoms with Gasteiger partial charge in [0, 0.05) is 0 Å². The van der Waals surface area contributed by atoms with Crippen LogP contribution >= 0.6 is 8.03 Å². The van der Waals surface area contributed by atoms with Crippen LogP contribution in [0.5, 0.6) is 0 Å². The monoisotopic (exact) mass is 159 g/mol. The van der Waals surface area contributed by atoms with Crippen LogP contribution in [0.15, 0.2) is 0 Å². The van der Waals surface area contributed by atoms with Crippen molar-refractivity contribution in [1.29, 1.82) is 0 Å². The Morgan fingerprint density at radius 1 is 1.50 bits per heavy atom. The molecule has 48 valence electrons. The second kappa shape index (κ2) is 2.50. The van der Waals surface area contributed by atoms with E-state index < -0.39 is 23.6 Å². The summed E-state index contributed by atoms with van der Waals surface area (Å²) in [7, 11) is -7.03. The molecule has 2 N–H and O–H groups in total. The van der Waals surface area contributed by atoms with E-state index in [0.717, 1.165) is 0 Å². The van der Waals surface area contributed by atoms with Crippen molar-refractivity contribution in [2.75, 3.05) is 5.49 Å². The second-order valence-electron chi connectivity index (χ2n) is 1.06. The molecule has 0 saturated heterocycles. The molecule has 1 atom stereocenters. The fourth-order valence-electron chi connectivity index (χ4n) is 0.140. The van der Waals surface area contributed by atoms with Crippen molar-refractivity contribution in [2.24, 2.45) is 0 Å². The van der Waals surface area contributed by atoms with Crippen LogP contribution in [-0.4, -0.2) is 23.4 Å². The quantitative estimate of drug-likeness (QED) is 0.421. The first-order chi connectivity index (χ1) is 3.42. The lowest BCUT2D eigenvalue weighted by atomic mass is 11.9. The topological polar surface area (TPSA) is 91.7 Å². The third kappa shape index (κ3) is 5.97. The summed E-state index contributed by atoms with van der Waals surface area (Å²) in [6.45, 7) is 0. The van der Waals surface area contributed by atoms with Gasteiger partial charge in [0.05, 0.1) is 0 Å². The molecule has 0 aromatic carbocycles. The molecule has 0 spiro atoms. The van der Waals surface area contributed by atoms with Crippen molar-refractivity contribution in [3.05, 3.63) is 0 Å². The Bertz CT molecular complexity index is 179. The third-order valence-corrected chi connectivity index (χ3v) is 2.46. The highest BCUT2D eigenvalue weighted by Gasteiger charge is 2.21. The fourth-order valence-corrected chi connectivity index (χ4v) is 1.26. The van der Waals surface area contributed by atoms with Crippen molar-refractivity contribution in [3.8, 4) is 0 Å². The van der Waals surface area contributed by atoms with Gasteiger partial charge in [-0.3, -0.25) is 4.55 Å². The highest BCUT2D eigenvalue weighted by Crippen LogP contribution is 2.13. The van der Waals surface area contributed by atoms with Gasteiger partial charge in [0.25, 0.3) is 0 Å². The van der Waals surface area contributed by atoms with Crippen molar-refractivity contribution in [1.82, 2.24) is 0 Å². The van der Waals surface area contributed by atoms with Crippen LogP contribution in [0.2, 0.25) is 0 Å². The molecular formula is CH4O5PS+. The Morgan fingerprint density at radius 3 is 1.88 bits per heavy atom. The summed E-state index contributed by atoms with van der Waals surface area (Å²) in [5.74, 6) is 0. The molecule has 0 saturated carbocycles. The van der Waals surface area contributed by atoms with Crippen LogP contribution in [0.3, 0.4) is 0 Å². The summed E-state index contributed by atoms with van der Waals surface area (Å²) in [6.07, 6.45) is 0. The summed E-state index contributed by atoms with van der Waals surface area (Å²) in [6, 6.07) is 0. The molecule has 0 bridgehead atoms. The van der Waals surface area contributed by atoms with Gasteiger partial charge in [-0.05, 0) is 4.57 Å². The maximum Gasteiger partial charge on any atom is 0.524 e. The van der Waals surface area contributed by atoms with Gasteiger partial charge in [-0.1, -0.05) is 0 Å². The maximum atomic E-state index is 9.65. The maximum absolute atomic E-state index is 9.65. The van der Waals surface area contributed by atoms with E-state index in [2.05, 4.69) is 0 Å². The van der Waals surface area contributed by atoms with Crippen LogP contribution in [0, 0.1) is 0 Å². The first-order valence-corrected chi connectivity index (χ1v) is 4.51. The van der Waals surface area contributed by atoms with Crippen LogP contribution in [0.25, 0.3) is 0 Å². The Labute approximate surface area is 47.0 Å². The van der Waals surface area contributed by atoms with Gasteiger partial charge in [-0.25, -0.2) is 0 Å².